The van der Waals surface area contributed by atoms with E-state index in [1.807, 2.05) is 0 Å². The molecule has 1 unspecified atom stereocenters. The number of thioether (sulfide) groups is 1. The molecule has 1 atom stereocenters. The van der Waals surface area contributed by atoms with Crippen LogP contribution in [0.3, 0.4) is 0 Å². The van der Waals surface area contributed by atoms with Gasteiger partial charge in [0.15, 0.2) is 0 Å². The molecule has 1 aliphatic heterocycles. The van der Waals surface area contributed by atoms with Crippen LogP contribution in [0.2, 0.25) is 0 Å². The Kier molecular flexibility index (Phi) is 6.66. The largest absolute Gasteiger partial charge is 0.441 e. The van der Waals surface area contributed by atoms with Crippen molar-refractivity contribution in [1.82, 2.24) is 10.2 Å². The van der Waals surface area contributed by atoms with Crippen LogP contribution in [0.15, 0.2) is 0 Å². The second kappa shape index (κ2) is 7.48. The Morgan fingerprint density at radius 1 is 1.41 bits per heavy atom. The quantitative estimate of drug-likeness (QED) is 0.716. The van der Waals surface area contributed by atoms with Gasteiger partial charge in [0.25, 0.3) is 0 Å². The van der Waals surface area contributed by atoms with Crippen molar-refractivity contribution in [3.8, 4) is 0 Å². The summed E-state index contributed by atoms with van der Waals surface area (Å²) in [4.78, 5) is 2.14. The third-order valence-electron chi connectivity index (χ3n) is 2.90. The van der Waals surface area contributed by atoms with E-state index >= 15 is 0 Å². The number of alkyl halides is 3. The summed E-state index contributed by atoms with van der Waals surface area (Å²) < 4.78 is 35.8. The zero-order chi connectivity index (χ0) is 12.7. The van der Waals surface area contributed by atoms with E-state index in [9.17, 15) is 13.2 Å². The van der Waals surface area contributed by atoms with Gasteiger partial charge in [0.2, 0.25) is 0 Å². The van der Waals surface area contributed by atoms with Crippen molar-refractivity contribution >= 4 is 11.8 Å². The van der Waals surface area contributed by atoms with Gasteiger partial charge < -0.3 is 10.2 Å². The minimum Gasteiger partial charge on any atom is -0.316 e. The van der Waals surface area contributed by atoms with Crippen LogP contribution < -0.4 is 5.32 Å². The zero-order valence-corrected chi connectivity index (χ0v) is 11.0. The lowest BCUT2D eigenvalue weighted by molar-refractivity contribution is -0.0328. The van der Waals surface area contributed by atoms with Crippen LogP contribution in [0, 0.1) is 5.92 Å². The van der Waals surface area contributed by atoms with Gasteiger partial charge in [-0.25, -0.2) is 0 Å². The number of halogens is 3. The highest BCUT2D eigenvalue weighted by Crippen LogP contribution is 2.30. The summed E-state index contributed by atoms with van der Waals surface area (Å²) in [7, 11) is 0. The van der Waals surface area contributed by atoms with Crippen LogP contribution >= 0.6 is 11.8 Å². The standard InChI is InChI=1S/C11H21F3N2S/c1-2-4-15-8-10-3-5-16(9-10)6-7-17-11(12,13)14/h10,15H,2-9H2,1H3. The number of rotatable bonds is 7. The molecule has 1 aliphatic rings. The van der Waals surface area contributed by atoms with Crippen LogP contribution in [0.1, 0.15) is 19.8 Å². The molecule has 1 rings (SSSR count). The normalized spacial score (nSPS) is 22.2. The van der Waals surface area contributed by atoms with E-state index in [-0.39, 0.29) is 17.5 Å². The maximum atomic E-state index is 11.9. The molecule has 0 aromatic heterocycles. The fourth-order valence-electron chi connectivity index (χ4n) is 2.06. The molecule has 1 saturated heterocycles. The summed E-state index contributed by atoms with van der Waals surface area (Å²) in [6.45, 7) is 6.58. The van der Waals surface area contributed by atoms with E-state index in [0.717, 1.165) is 39.0 Å². The Morgan fingerprint density at radius 3 is 2.82 bits per heavy atom. The summed E-state index contributed by atoms with van der Waals surface area (Å²) in [6.07, 6.45) is 2.23. The molecule has 102 valence electrons. The van der Waals surface area contributed by atoms with Gasteiger partial charge in [0.1, 0.15) is 0 Å². The van der Waals surface area contributed by atoms with Gasteiger partial charge in [-0.2, -0.15) is 13.2 Å². The second-order valence-corrected chi connectivity index (χ2v) is 5.61. The highest BCUT2D eigenvalue weighted by Gasteiger charge is 2.29. The third-order valence-corrected chi connectivity index (χ3v) is 3.62. The fraction of sp³-hybridized carbons (Fsp3) is 1.00. The van der Waals surface area contributed by atoms with Gasteiger partial charge in [-0.05, 0) is 50.2 Å². The second-order valence-electron chi connectivity index (χ2n) is 4.45. The average Bonchev–Trinajstić information content (AvgIpc) is 2.64. The van der Waals surface area contributed by atoms with E-state index in [2.05, 4.69) is 17.1 Å². The lowest BCUT2D eigenvalue weighted by Gasteiger charge is -2.16. The van der Waals surface area contributed by atoms with Gasteiger partial charge in [0.05, 0.1) is 0 Å². The monoisotopic (exact) mass is 270 g/mol. The molecule has 0 aromatic carbocycles. The Hall–Kier alpha value is 0.0600. The highest BCUT2D eigenvalue weighted by atomic mass is 32.2. The fourth-order valence-corrected chi connectivity index (χ4v) is 2.64. The smallest absolute Gasteiger partial charge is 0.316 e. The Morgan fingerprint density at radius 2 is 2.18 bits per heavy atom. The predicted octanol–water partition coefficient (Wildman–Crippen LogP) is 2.56. The van der Waals surface area contributed by atoms with Gasteiger partial charge in [-0.3, -0.25) is 0 Å². The molecule has 2 nitrogen and oxygen atoms in total. The molecule has 1 heterocycles. The summed E-state index contributed by atoms with van der Waals surface area (Å²) >= 11 is 0.0858. The number of nitrogens with zero attached hydrogens (tertiary/aromatic N) is 1. The lowest BCUT2D eigenvalue weighted by atomic mass is 10.1. The van der Waals surface area contributed by atoms with Crippen molar-refractivity contribution in [2.75, 3.05) is 38.5 Å². The Bertz CT molecular complexity index is 211. The van der Waals surface area contributed by atoms with Gasteiger partial charge in [0, 0.05) is 18.8 Å². The number of likely N-dealkylation sites (tertiary alicyclic amines) is 1. The molecular formula is C11H21F3N2S. The molecule has 6 heteroatoms. The first-order chi connectivity index (χ1) is 8.01. The van der Waals surface area contributed by atoms with E-state index in [1.165, 1.54) is 0 Å². The van der Waals surface area contributed by atoms with E-state index < -0.39 is 5.51 Å². The van der Waals surface area contributed by atoms with Crippen LogP contribution in [0.5, 0.6) is 0 Å². The zero-order valence-electron chi connectivity index (χ0n) is 10.2. The molecule has 0 bridgehead atoms. The maximum Gasteiger partial charge on any atom is 0.441 e. The minimum absolute atomic E-state index is 0.0858. The number of nitrogens with one attached hydrogen (secondary N) is 1. The van der Waals surface area contributed by atoms with Crippen molar-refractivity contribution in [3.05, 3.63) is 0 Å². The summed E-state index contributed by atoms with van der Waals surface area (Å²) in [6, 6.07) is 0. The van der Waals surface area contributed by atoms with Crippen molar-refractivity contribution in [2.24, 2.45) is 5.92 Å². The molecule has 0 amide bonds. The average molecular weight is 270 g/mol. The molecular weight excluding hydrogens is 249 g/mol. The van der Waals surface area contributed by atoms with E-state index in [4.69, 9.17) is 0 Å². The molecule has 0 spiro atoms. The van der Waals surface area contributed by atoms with Crippen molar-refractivity contribution in [2.45, 2.75) is 25.3 Å². The van der Waals surface area contributed by atoms with Crippen molar-refractivity contribution in [1.29, 1.82) is 0 Å². The molecule has 0 aromatic rings. The Balaban J connectivity index is 2.05. The Labute approximate surface area is 105 Å². The van der Waals surface area contributed by atoms with Gasteiger partial charge >= 0.3 is 5.51 Å². The van der Waals surface area contributed by atoms with Crippen molar-refractivity contribution < 1.29 is 13.2 Å². The number of hydrogen-bond acceptors (Lipinski definition) is 3. The first kappa shape index (κ1) is 15.1. The van der Waals surface area contributed by atoms with Gasteiger partial charge in [-0.15, -0.1) is 0 Å². The van der Waals surface area contributed by atoms with Crippen LogP contribution in [0.4, 0.5) is 13.2 Å². The topological polar surface area (TPSA) is 15.3 Å². The van der Waals surface area contributed by atoms with E-state index in [1.54, 1.807) is 0 Å². The minimum atomic E-state index is -4.08. The molecule has 0 saturated carbocycles. The first-order valence-electron chi connectivity index (χ1n) is 6.15. The number of hydrogen-bond donors (Lipinski definition) is 1. The van der Waals surface area contributed by atoms with Crippen LogP contribution in [0.25, 0.3) is 0 Å². The highest BCUT2D eigenvalue weighted by molar-refractivity contribution is 8.00. The maximum absolute atomic E-state index is 11.9. The first-order valence-corrected chi connectivity index (χ1v) is 7.13. The summed E-state index contributed by atoms with van der Waals surface area (Å²) in [5, 5.41) is 3.37. The van der Waals surface area contributed by atoms with Gasteiger partial charge in [-0.1, -0.05) is 6.92 Å². The molecule has 0 aliphatic carbocycles. The SMILES string of the molecule is CCCNCC1CCN(CCSC(F)(F)F)C1. The molecule has 1 N–H and O–H groups in total. The van der Waals surface area contributed by atoms with Crippen LogP contribution in [-0.2, 0) is 0 Å². The predicted molar refractivity (Wildman–Crippen MR) is 66.2 cm³/mol. The summed E-state index contributed by atoms with van der Waals surface area (Å²) in [5.74, 6) is 0.760. The third kappa shape index (κ3) is 7.16. The lowest BCUT2D eigenvalue weighted by Crippen LogP contribution is -2.28. The molecule has 0 radical (unpaired) electrons. The van der Waals surface area contributed by atoms with Crippen molar-refractivity contribution in [3.63, 3.8) is 0 Å². The molecule has 1 fully saturated rings. The van der Waals surface area contributed by atoms with Crippen LogP contribution in [-0.4, -0.2) is 48.9 Å². The summed E-state index contributed by atoms with van der Waals surface area (Å²) in [5.41, 5.74) is -4.08. The molecule has 17 heavy (non-hydrogen) atoms. The van der Waals surface area contributed by atoms with E-state index in [0.29, 0.717) is 12.5 Å².